The highest BCUT2D eigenvalue weighted by atomic mass is 35.5. The van der Waals surface area contributed by atoms with Crippen molar-refractivity contribution in [2.24, 2.45) is 0 Å². The molecule has 3 aromatic carbocycles. The molecule has 0 saturated heterocycles. The first-order valence-corrected chi connectivity index (χ1v) is 9.01. The van der Waals surface area contributed by atoms with Gasteiger partial charge < -0.3 is 0 Å². The number of rotatable bonds is 0. The van der Waals surface area contributed by atoms with Gasteiger partial charge in [0.25, 0.3) is 0 Å². The summed E-state index contributed by atoms with van der Waals surface area (Å²) in [6.45, 7) is 4.65. The minimum atomic E-state index is 0.0634. The van der Waals surface area contributed by atoms with Crippen molar-refractivity contribution in [2.75, 3.05) is 0 Å². The van der Waals surface area contributed by atoms with Crippen molar-refractivity contribution in [3.8, 4) is 11.1 Å². The van der Waals surface area contributed by atoms with Crippen LogP contribution in [0.3, 0.4) is 0 Å². The predicted molar refractivity (Wildman–Crippen MR) is 102 cm³/mol. The summed E-state index contributed by atoms with van der Waals surface area (Å²) in [6.07, 6.45) is 0. The van der Waals surface area contributed by atoms with Gasteiger partial charge in [0.15, 0.2) is 0 Å². The van der Waals surface area contributed by atoms with Crippen LogP contribution in [0.4, 0.5) is 0 Å². The van der Waals surface area contributed by atoms with Gasteiger partial charge in [0.05, 0.1) is 0 Å². The molecule has 0 saturated carbocycles. The highest BCUT2D eigenvalue weighted by Crippen LogP contribution is 2.51. The van der Waals surface area contributed by atoms with Gasteiger partial charge in [0.2, 0.25) is 0 Å². The molecule has 0 nitrogen and oxygen atoms in total. The van der Waals surface area contributed by atoms with Crippen LogP contribution in [0.15, 0.2) is 54.6 Å². The quantitative estimate of drug-likeness (QED) is 0.324. The van der Waals surface area contributed by atoms with E-state index in [9.17, 15) is 0 Å². The molecule has 2 heteroatoms. The number of fused-ring (bicyclic) bond motifs is 6. The standard InChI is InChI=1S/C21H15ClS/c1-21(2)17-6-4-3-5-13(17)14-10-16-15-9-12(22)7-8-19(15)23-20(16)11-18(14)21/h3-11H,1-2H3. The van der Waals surface area contributed by atoms with Crippen LogP contribution in [-0.2, 0) is 5.41 Å². The maximum absolute atomic E-state index is 6.22. The maximum atomic E-state index is 6.22. The van der Waals surface area contributed by atoms with Gasteiger partial charge in [-0.25, -0.2) is 0 Å². The van der Waals surface area contributed by atoms with E-state index in [0.29, 0.717) is 0 Å². The van der Waals surface area contributed by atoms with E-state index in [4.69, 9.17) is 11.6 Å². The predicted octanol–water partition coefficient (Wildman–Crippen LogP) is 7.01. The zero-order chi connectivity index (χ0) is 15.8. The minimum Gasteiger partial charge on any atom is -0.135 e. The van der Waals surface area contributed by atoms with E-state index in [1.54, 1.807) is 0 Å². The van der Waals surface area contributed by atoms with Crippen molar-refractivity contribution in [3.63, 3.8) is 0 Å². The van der Waals surface area contributed by atoms with Crippen LogP contribution in [0.1, 0.15) is 25.0 Å². The first-order chi connectivity index (χ1) is 11.1. The second-order valence-corrected chi connectivity index (χ2v) is 8.33. The van der Waals surface area contributed by atoms with Gasteiger partial charge in [0.1, 0.15) is 0 Å². The summed E-state index contributed by atoms with van der Waals surface area (Å²) in [6, 6.07) is 19.7. The summed E-state index contributed by atoms with van der Waals surface area (Å²) in [4.78, 5) is 0. The number of hydrogen-bond acceptors (Lipinski definition) is 1. The Kier molecular flexibility index (Phi) is 2.58. The zero-order valence-corrected chi connectivity index (χ0v) is 14.6. The molecule has 0 amide bonds. The molecule has 0 N–H and O–H groups in total. The average Bonchev–Trinajstić information content (AvgIpc) is 3.00. The third-order valence-corrected chi connectivity index (χ3v) is 6.50. The largest absolute Gasteiger partial charge is 0.135 e. The Bertz CT molecular complexity index is 1100. The molecular formula is C21H15ClS. The van der Waals surface area contributed by atoms with Crippen molar-refractivity contribution >= 4 is 43.1 Å². The normalized spacial score (nSPS) is 15.1. The molecule has 1 aliphatic carbocycles. The fraction of sp³-hybridized carbons (Fsp3) is 0.143. The molecule has 0 fully saturated rings. The molecule has 1 heterocycles. The van der Waals surface area contributed by atoms with E-state index in [2.05, 4.69) is 62.4 Å². The average molecular weight is 335 g/mol. The first-order valence-electron chi connectivity index (χ1n) is 7.82. The lowest BCUT2D eigenvalue weighted by atomic mass is 9.82. The summed E-state index contributed by atoms with van der Waals surface area (Å²) < 4.78 is 2.65. The molecule has 23 heavy (non-hydrogen) atoms. The smallest absolute Gasteiger partial charge is 0.0413 e. The Labute approximate surface area is 144 Å². The summed E-state index contributed by atoms with van der Waals surface area (Å²) in [5.74, 6) is 0. The third-order valence-electron chi connectivity index (χ3n) is 5.14. The summed E-state index contributed by atoms with van der Waals surface area (Å²) in [7, 11) is 0. The number of hydrogen-bond donors (Lipinski definition) is 0. The van der Waals surface area contributed by atoms with Gasteiger partial charge in [-0.05, 0) is 52.6 Å². The molecule has 1 aromatic heterocycles. The molecular weight excluding hydrogens is 320 g/mol. The van der Waals surface area contributed by atoms with E-state index in [0.717, 1.165) is 5.02 Å². The van der Waals surface area contributed by atoms with Crippen LogP contribution in [-0.4, -0.2) is 0 Å². The second-order valence-electron chi connectivity index (χ2n) is 6.81. The second kappa shape index (κ2) is 4.37. The van der Waals surface area contributed by atoms with Crippen molar-refractivity contribution < 1.29 is 0 Å². The first kappa shape index (κ1) is 13.6. The monoisotopic (exact) mass is 334 g/mol. The van der Waals surface area contributed by atoms with Crippen LogP contribution in [0, 0.1) is 0 Å². The van der Waals surface area contributed by atoms with Crippen molar-refractivity contribution in [1.82, 2.24) is 0 Å². The van der Waals surface area contributed by atoms with Crippen LogP contribution in [0.2, 0.25) is 5.02 Å². The topological polar surface area (TPSA) is 0 Å². The molecule has 112 valence electrons. The van der Waals surface area contributed by atoms with E-state index in [-0.39, 0.29) is 5.41 Å². The Morgan fingerprint density at radius 1 is 0.783 bits per heavy atom. The van der Waals surface area contributed by atoms with Gasteiger partial charge in [-0.15, -0.1) is 11.3 Å². The molecule has 0 unspecified atom stereocenters. The minimum absolute atomic E-state index is 0.0634. The lowest BCUT2D eigenvalue weighted by Gasteiger charge is -2.21. The van der Waals surface area contributed by atoms with Gasteiger partial charge >= 0.3 is 0 Å². The number of halogens is 1. The fourth-order valence-corrected chi connectivity index (χ4v) is 5.22. The molecule has 0 bridgehead atoms. The van der Waals surface area contributed by atoms with Crippen LogP contribution in [0.5, 0.6) is 0 Å². The van der Waals surface area contributed by atoms with Crippen molar-refractivity contribution in [3.05, 3.63) is 70.7 Å². The van der Waals surface area contributed by atoms with E-state index < -0.39 is 0 Å². The molecule has 5 rings (SSSR count). The van der Waals surface area contributed by atoms with Gasteiger partial charge in [-0.2, -0.15) is 0 Å². The molecule has 0 aliphatic heterocycles. The van der Waals surface area contributed by atoms with Crippen molar-refractivity contribution in [2.45, 2.75) is 19.3 Å². The fourth-order valence-electron chi connectivity index (χ4n) is 3.94. The van der Waals surface area contributed by atoms with E-state index >= 15 is 0 Å². The van der Waals surface area contributed by atoms with E-state index in [1.807, 2.05) is 17.4 Å². The highest BCUT2D eigenvalue weighted by molar-refractivity contribution is 7.25. The van der Waals surface area contributed by atoms with E-state index in [1.165, 1.54) is 42.4 Å². The van der Waals surface area contributed by atoms with Crippen LogP contribution in [0.25, 0.3) is 31.3 Å². The highest BCUT2D eigenvalue weighted by Gasteiger charge is 2.35. The van der Waals surface area contributed by atoms with Crippen molar-refractivity contribution in [1.29, 1.82) is 0 Å². The summed E-state index contributed by atoms with van der Waals surface area (Å²) in [5.41, 5.74) is 5.67. The molecule has 0 radical (unpaired) electrons. The summed E-state index contributed by atoms with van der Waals surface area (Å²) in [5, 5.41) is 3.39. The molecule has 0 atom stereocenters. The Hall–Kier alpha value is -1.83. The maximum Gasteiger partial charge on any atom is 0.0413 e. The number of benzene rings is 3. The molecule has 4 aromatic rings. The SMILES string of the molecule is CC1(C)c2ccccc2-c2cc3c(cc21)sc1ccc(Cl)cc13. The lowest BCUT2D eigenvalue weighted by molar-refractivity contribution is 0.661. The molecule has 0 spiro atoms. The van der Waals surface area contributed by atoms with Gasteiger partial charge in [-0.1, -0.05) is 49.7 Å². The lowest BCUT2D eigenvalue weighted by Crippen LogP contribution is -2.14. The zero-order valence-electron chi connectivity index (χ0n) is 13.0. The van der Waals surface area contributed by atoms with Gasteiger partial charge in [-0.3, -0.25) is 0 Å². The Morgan fingerprint density at radius 3 is 2.43 bits per heavy atom. The van der Waals surface area contributed by atoms with Crippen LogP contribution < -0.4 is 0 Å². The number of thiophene rings is 1. The Morgan fingerprint density at radius 2 is 1.57 bits per heavy atom. The molecule has 1 aliphatic rings. The summed E-state index contributed by atoms with van der Waals surface area (Å²) >= 11 is 8.08. The Balaban J connectivity index is 1.94. The van der Waals surface area contributed by atoms with Gasteiger partial charge in [0, 0.05) is 30.6 Å². The third kappa shape index (κ3) is 1.72. The van der Waals surface area contributed by atoms with Crippen LogP contribution >= 0.6 is 22.9 Å².